The van der Waals surface area contributed by atoms with Crippen LogP contribution in [-0.2, 0) is 19.4 Å². The topological polar surface area (TPSA) is 89.9 Å². The normalized spacial score (nSPS) is 19.9. The molecule has 0 spiro atoms. The second-order valence-corrected chi connectivity index (χ2v) is 8.32. The van der Waals surface area contributed by atoms with Crippen LogP contribution in [0.5, 0.6) is 5.75 Å². The fourth-order valence-corrected chi connectivity index (χ4v) is 3.71. The lowest BCUT2D eigenvalue weighted by Crippen LogP contribution is -2.29. The lowest BCUT2D eigenvalue weighted by atomic mass is 9.90. The van der Waals surface area contributed by atoms with Gasteiger partial charge in [0.2, 0.25) is 5.79 Å². The fraction of sp³-hybridized carbons (Fsp3) is 0.250. The van der Waals surface area contributed by atoms with E-state index in [4.69, 9.17) is 9.47 Å². The van der Waals surface area contributed by atoms with E-state index in [-0.39, 0.29) is 16.9 Å². The lowest BCUT2D eigenvalue weighted by Gasteiger charge is -2.23. The van der Waals surface area contributed by atoms with E-state index >= 15 is 0 Å². The van der Waals surface area contributed by atoms with Crippen molar-refractivity contribution in [3.05, 3.63) is 59.7 Å². The SMILES string of the molecule is CCC1(O)OC(=O)C(c2cccc(OC)c2)=C1c1ccc(S(C)(=O)=O)cc1. The Balaban J connectivity index is 2.24. The maximum absolute atomic E-state index is 12.6. The van der Waals surface area contributed by atoms with E-state index in [0.717, 1.165) is 6.26 Å². The molecule has 1 atom stereocenters. The second-order valence-electron chi connectivity index (χ2n) is 6.31. The number of sulfone groups is 1. The van der Waals surface area contributed by atoms with E-state index in [1.54, 1.807) is 43.3 Å². The fourth-order valence-electron chi connectivity index (χ4n) is 3.08. The van der Waals surface area contributed by atoms with Crippen LogP contribution in [0.4, 0.5) is 0 Å². The van der Waals surface area contributed by atoms with Crippen LogP contribution >= 0.6 is 0 Å². The quantitative estimate of drug-likeness (QED) is 0.792. The van der Waals surface area contributed by atoms with Crippen LogP contribution in [0.1, 0.15) is 24.5 Å². The minimum Gasteiger partial charge on any atom is -0.497 e. The van der Waals surface area contributed by atoms with Gasteiger partial charge in [0.15, 0.2) is 9.84 Å². The van der Waals surface area contributed by atoms with Gasteiger partial charge in [-0.2, -0.15) is 0 Å². The molecule has 2 aromatic rings. The number of benzene rings is 2. The molecule has 0 fully saturated rings. The highest BCUT2D eigenvalue weighted by atomic mass is 32.2. The summed E-state index contributed by atoms with van der Waals surface area (Å²) in [7, 11) is -1.83. The number of esters is 1. The van der Waals surface area contributed by atoms with Crippen LogP contribution in [0.3, 0.4) is 0 Å². The molecule has 1 heterocycles. The van der Waals surface area contributed by atoms with Crippen molar-refractivity contribution in [2.75, 3.05) is 13.4 Å². The molecule has 0 radical (unpaired) electrons. The summed E-state index contributed by atoms with van der Waals surface area (Å²) in [4.78, 5) is 12.7. The highest BCUT2D eigenvalue weighted by Gasteiger charge is 2.46. The van der Waals surface area contributed by atoms with E-state index in [0.29, 0.717) is 22.4 Å². The summed E-state index contributed by atoms with van der Waals surface area (Å²) in [6, 6.07) is 12.9. The Bertz CT molecular complexity index is 1020. The third kappa shape index (κ3) is 3.48. The molecule has 1 unspecified atom stereocenters. The van der Waals surface area contributed by atoms with Crippen molar-refractivity contribution in [1.82, 2.24) is 0 Å². The minimum absolute atomic E-state index is 0.148. The average Bonchev–Trinajstić information content (AvgIpc) is 2.92. The maximum atomic E-state index is 12.6. The number of methoxy groups -OCH3 is 1. The van der Waals surface area contributed by atoms with Crippen LogP contribution < -0.4 is 4.74 Å². The molecular formula is C20H20O6S. The van der Waals surface area contributed by atoms with Gasteiger partial charge in [-0.1, -0.05) is 31.2 Å². The summed E-state index contributed by atoms with van der Waals surface area (Å²) >= 11 is 0. The molecule has 0 saturated heterocycles. The highest BCUT2D eigenvalue weighted by Crippen LogP contribution is 2.44. The number of ether oxygens (including phenoxy) is 2. The van der Waals surface area contributed by atoms with Crippen LogP contribution in [-0.4, -0.2) is 38.6 Å². The zero-order valence-electron chi connectivity index (χ0n) is 15.2. The van der Waals surface area contributed by atoms with Gasteiger partial charge < -0.3 is 14.6 Å². The van der Waals surface area contributed by atoms with Gasteiger partial charge in [0.05, 0.1) is 17.6 Å². The van der Waals surface area contributed by atoms with Gasteiger partial charge in [-0.25, -0.2) is 13.2 Å². The smallest absolute Gasteiger partial charge is 0.342 e. The van der Waals surface area contributed by atoms with Crippen LogP contribution in [0, 0.1) is 0 Å². The van der Waals surface area contributed by atoms with Gasteiger partial charge in [-0.15, -0.1) is 0 Å². The first-order valence-corrected chi connectivity index (χ1v) is 10.2. The van der Waals surface area contributed by atoms with Gasteiger partial charge in [-0.3, -0.25) is 0 Å². The zero-order valence-corrected chi connectivity index (χ0v) is 16.0. The molecule has 1 aliphatic rings. The van der Waals surface area contributed by atoms with Crippen molar-refractivity contribution in [2.24, 2.45) is 0 Å². The summed E-state index contributed by atoms with van der Waals surface area (Å²) in [6.45, 7) is 1.70. The number of carbonyl (C=O) groups excluding carboxylic acids is 1. The van der Waals surface area contributed by atoms with Crippen LogP contribution in [0.2, 0.25) is 0 Å². The van der Waals surface area contributed by atoms with Crippen molar-refractivity contribution in [3.63, 3.8) is 0 Å². The molecule has 3 rings (SSSR count). The van der Waals surface area contributed by atoms with Gasteiger partial charge in [-0.05, 0) is 35.4 Å². The van der Waals surface area contributed by atoms with E-state index < -0.39 is 21.6 Å². The molecule has 6 nitrogen and oxygen atoms in total. The van der Waals surface area contributed by atoms with Gasteiger partial charge in [0.25, 0.3) is 0 Å². The van der Waals surface area contributed by atoms with E-state index in [1.807, 2.05) is 0 Å². The lowest BCUT2D eigenvalue weighted by molar-refractivity contribution is -0.175. The summed E-state index contributed by atoms with van der Waals surface area (Å²) < 4.78 is 33.9. The van der Waals surface area contributed by atoms with Crippen molar-refractivity contribution in [1.29, 1.82) is 0 Å². The van der Waals surface area contributed by atoms with E-state index in [9.17, 15) is 18.3 Å². The molecular weight excluding hydrogens is 368 g/mol. The largest absolute Gasteiger partial charge is 0.497 e. The standard InChI is InChI=1S/C20H20O6S/c1-4-20(22)18(13-8-10-16(11-9-13)27(3,23)24)17(19(21)26-20)14-6-5-7-15(12-14)25-2/h5-12,22H,4H2,1-3H3. The predicted molar refractivity (Wildman–Crippen MR) is 101 cm³/mol. The predicted octanol–water partition coefficient (Wildman–Crippen LogP) is 2.66. The van der Waals surface area contributed by atoms with Crippen molar-refractivity contribution in [2.45, 2.75) is 24.0 Å². The highest BCUT2D eigenvalue weighted by molar-refractivity contribution is 7.90. The number of carbonyl (C=O) groups is 1. The van der Waals surface area contributed by atoms with Crippen molar-refractivity contribution >= 4 is 27.0 Å². The molecule has 142 valence electrons. The molecule has 27 heavy (non-hydrogen) atoms. The summed E-state index contributed by atoms with van der Waals surface area (Å²) in [6.07, 6.45) is 1.27. The third-order valence-corrected chi connectivity index (χ3v) is 5.64. The Morgan fingerprint density at radius 2 is 1.78 bits per heavy atom. The van der Waals surface area contributed by atoms with E-state index in [1.165, 1.54) is 19.2 Å². The van der Waals surface area contributed by atoms with Crippen LogP contribution in [0.15, 0.2) is 53.4 Å². The maximum Gasteiger partial charge on any atom is 0.342 e. The Labute approximate surface area is 158 Å². The first-order valence-electron chi connectivity index (χ1n) is 8.35. The molecule has 2 aromatic carbocycles. The van der Waals surface area contributed by atoms with Crippen molar-refractivity contribution in [3.8, 4) is 5.75 Å². The number of cyclic esters (lactones) is 1. The molecule has 0 saturated carbocycles. The Kier molecular flexibility index (Phi) is 4.84. The first kappa shape index (κ1) is 19.1. The number of hydrogen-bond donors (Lipinski definition) is 1. The van der Waals surface area contributed by atoms with Crippen molar-refractivity contribution < 1.29 is 27.8 Å². The zero-order chi connectivity index (χ0) is 19.8. The summed E-state index contributed by atoms with van der Waals surface area (Å²) in [5.41, 5.74) is 1.59. The van der Waals surface area contributed by atoms with Gasteiger partial charge in [0, 0.05) is 18.2 Å². The van der Waals surface area contributed by atoms with Gasteiger partial charge >= 0.3 is 5.97 Å². The monoisotopic (exact) mass is 388 g/mol. The molecule has 1 aliphatic heterocycles. The molecule has 7 heteroatoms. The molecule has 0 aromatic heterocycles. The molecule has 0 bridgehead atoms. The molecule has 0 amide bonds. The number of hydrogen-bond acceptors (Lipinski definition) is 6. The Morgan fingerprint density at radius 3 is 2.33 bits per heavy atom. The molecule has 0 aliphatic carbocycles. The minimum atomic E-state index is -3.36. The third-order valence-electron chi connectivity index (χ3n) is 4.52. The number of rotatable bonds is 5. The van der Waals surface area contributed by atoms with E-state index in [2.05, 4.69) is 0 Å². The summed E-state index contributed by atoms with van der Waals surface area (Å²) in [5.74, 6) is -1.87. The number of aliphatic hydroxyl groups is 1. The van der Waals surface area contributed by atoms with Gasteiger partial charge in [0.1, 0.15) is 5.75 Å². The Morgan fingerprint density at radius 1 is 1.11 bits per heavy atom. The molecule has 1 N–H and O–H groups in total. The second kappa shape index (κ2) is 6.83. The Hall–Kier alpha value is -2.64. The average molecular weight is 388 g/mol. The first-order chi connectivity index (χ1) is 12.7. The summed E-state index contributed by atoms with van der Waals surface area (Å²) in [5, 5.41) is 10.9. The van der Waals surface area contributed by atoms with Crippen LogP contribution in [0.25, 0.3) is 11.1 Å².